The molecule has 2 unspecified atom stereocenters. The predicted molar refractivity (Wildman–Crippen MR) is 142 cm³/mol. The van der Waals surface area contributed by atoms with Crippen LogP contribution in [0.4, 0.5) is 0 Å². The van der Waals surface area contributed by atoms with E-state index >= 15 is 0 Å². The minimum Gasteiger partial charge on any atom is -0.486 e. The van der Waals surface area contributed by atoms with Gasteiger partial charge in [0.25, 0.3) is 0 Å². The van der Waals surface area contributed by atoms with Gasteiger partial charge in [-0.25, -0.2) is 0 Å². The van der Waals surface area contributed by atoms with Gasteiger partial charge in [0.05, 0.1) is 0 Å². The highest BCUT2D eigenvalue weighted by Crippen LogP contribution is 2.43. The maximum absolute atomic E-state index is 13.8. The van der Waals surface area contributed by atoms with Gasteiger partial charge in [0, 0.05) is 21.7 Å². The highest BCUT2D eigenvalue weighted by Gasteiger charge is 2.40. The lowest BCUT2D eigenvalue weighted by Crippen LogP contribution is -2.35. The standard InChI is InChI=1S/C31H37ClO3/c1-6-26(19(2)31(3,4)5)35-30-27(28(33)24-9-7-8-10-25(24)29(30)34)22-13-11-20(12-14-22)21-15-17-23(32)18-16-21/h7-10,15-20,22,26H,6,11-14H2,1-5H3. The van der Waals surface area contributed by atoms with Gasteiger partial charge >= 0.3 is 0 Å². The molecule has 186 valence electrons. The van der Waals surface area contributed by atoms with Crippen molar-refractivity contribution in [3.8, 4) is 0 Å². The number of Topliss-reactive ketones (excluding diaryl/α,β-unsaturated/α-hetero) is 2. The summed E-state index contributed by atoms with van der Waals surface area (Å²) >= 11 is 6.08. The first-order valence-electron chi connectivity index (χ1n) is 13.0. The van der Waals surface area contributed by atoms with Gasteiger partial charge in [-0.15, -0.1) is 0 Å². The molecule has 35 heavy (non-hydrogen) atoms. The zero-order valence-electron chi connectivity index (χ0n) is 21.6. The number of hydrogen-bond acceptors (Lipinski definition) is 3. The van der Waals surface area contributed by atoms with Gasteiger partial charge in [-0.1, -0.05) is 82.6 Å². The molecular weight excluding hydrogens is 456 g/mol. The van der Waals surface area contributed by atoms with E-state index in [2.05, 4.69) is 46.8 Å². The van der Waals surface area contributed by atoms with Gasteiger partial charge in [0.15, 0.2) is 11.5 Å². The van der Waals surface area contributed by atoms with Gasteiger partial charge in [-0.3, -0.25) is 9.59 Å². The maximum Gasteiger partial charge on any atom is 0.228 e. The fourth-order valence-electron chi connectivity index (χ4n) is 5.56. The van der Waals surface area contributed by atoms with Crippen molar-refractivity contribution >= 4 is 23.2 Å². The van der Waals surface area contributed by atoms with Crippen molar-refractivity contribution in [2.75, 3.05) is 0 Å². The number of ether oxygens (including phenoxy) is 1. The maximum atomic E-state index is 13.8. The first-order chi connectivity index (χ1) is 16.6. The van der Waals surface area contributed by atoms with Crippen LogP contribution in [0.15, 0.2) is 59.9 Å². The van der Waals surface area contributed by atoms with E-state index in [-0.39, 0.29) is 34.9 Å². The molecule has 2 aliphatic rings. The lowest BCUT2D eigenvalue weighted by atomic mass is 9.72. The third kappa shape index (κ3) is 5.26. The topological polar surface area (TPSA) is 43.4 Å². The summed E-state index contributed by atoms with van der Waals surface area (Å²) in [4.78, 5) is 27.5. The smallest absolute Gasteiger partial charge is 0.228 e. The zero-order chi connectivity index (χ0) is 25.3. The fraction of sp³-hybridized carbons (Fsp3) is 0.484. The van der Waals surface area contributed by atoms with Crippen molar-refractivity contribution in [3.63, 3.8) is 0 Å². The second-order valence-corrected chi connectivity index (χ2v) is 11.7. The summed E-state index contributed by atoms with van der Waals surface area (Å²) in [5, 5.41) is 0.745. The summed E-state index contributed by atoms with van der Waals surface area (Å²) < 4.78 is 6.55. The van der Waals surface area contributed by atoms with E-state index in [9.17, 15) is 9.59 Å². The molecule has 0 bridgehead atoms. The molecule has 0 amide bonds. The van der Waals surface area contributed by atoms with E-state index in [1.165, 1.54) is 5.56 Å². The monoisotopic (exact) mass is 492 g/mol. The van der Waals surface area contributed by atoms with Gasteiger partial charge in [0.1, 0.15) is 6.10 Å². The average molecular weight is 493 g/mol. The van der Waals surface area contributed by atoms with Crippen LogP contribution in [0.3, 0.4) is 0 Å². The average Bonchev–Trinajstić information content (AvgIpc) is 2.85. The van der Waals surface area contributed by atoms with Crippen LogP contribution < -0.4 is 0 Å². The number of ketones is 2. The second-order valence-electron chi connectivity index (χ2n) is 11.3. The third-order valence-corrected chi connectivity index (χ3v) is 8.44. The molecule has 0 heterocycles. The Balaban J connectivity index is 1.66. The molecule has 2 aromatic rings. The van der Waals surface area contributed by atoms with Crippen LogP contribution in [0.5, 0.6) is 0 Å². The van der Waals surface area contributed by atoms with Gasteiger partial charge in [-0.2, -0.15) is 0 Å². The van der Waals surface area contributed by atoms with Crippen molar-refractivity contribution in [2.45, 2.75) is 78.7 Å². The molecule has 2 atom stereocenters. The molecule has 1 fully saturated rings. The van der Waals surface area contributed by atoms with Crippen LogP contribution in [-0.4, -0.2) is 17.7 Å². The fourth-order valence-corrected chi connectivity index (χ4v) is 5.68. The van der Waals surface area contributed by atoms with E-state index in [1.54, 1.807) is 12.1 Å². The summed E-state index contributed by atoms with van der Waals surface area (Å²) in [5.41, 5.74) is 2.89. The summed E-state index contributed by atoms with van der Waals surface area (Å²) in [6.07, 6.45) is 4.32. The Bertz CT molecular complexity index is 1110. The van der Waals surface area contributed by atoms with E-state index < -0.39 is 0 Å². The molecule has 0 spiro atoms. The molecule has 2 aliphatic carbocycles. The predicted octanol–water partition coefficient (Wildman–Crippen LogP) is 8.42. The number of fused-ring (bicyclic) bond motifs is 1. The highest BCUT2D eigenvalue weighted by atomic mass is 35.5. The summed E-state index contributed by atoms with van der Waals surface area (Å²) in [6.45, 7) is 10.9. The summed E-state index contributed by atoms with van der Waals surface area (Å²) in [5.74, 6) is 0.812. The quantitative estimate of drug-likeness (QED) is 0.406. The second kappa shape index (κ2) is 10.3. The number of carbonyl (C=O) groups excluding carboxylic acids is 2. The Hall–Kier alpha value is -2.39. The lowest BCUT2D eigenvalue weighted by Gasteiger charge is -2.37. The van der Waals surface area contributed by atoms with Crippen LogP contribution in [0.1, 0.15) is 98.9 Å². The number of carbonyl (C=O) groups is 2. The van der Waals surface area contributed by atoms with E-state index in [0.29, 0.717) is 28.4 Å². The van der Waals surface area contributed by atoms with E-state index in [1.807, 2.05) is 24.3 Å². The first-order valence-corrected chi connectivity index (χ1v) is 13.3. The van der Waals surface area contributed by atoms with Crippen LogP contribution in [0.25, 0.3) is 0 Å². The van der Waals surface area contributed by atoms with E-state index in [0.717, 1.165) is 37.1 Å². The van der Waals surface area contributed by atoms with Crippen LogP contribution in [0.2, 0.25) is 5.02 Å². The van der Waals surface area contributed by atoms with Crippen LogP contribution in [-0.2, 0) is 4.74 Å². The SMILES string of the molecule is CCC(OC1=C(C2CCC(c3ccc(Cl)cc3)CC2)C(=O)c2ccccc2C1=O)C(C)C(C)(C)C. The molecule has 4 heteroatoms. The molecule has 2 aromatic carbocycles. The van der Waals surface area contributed by atoms with E-state index in [4.69, 9.17) is 16.3 Å². The minimum atomic E-state index is -0.144. The number of hydrogen-bond donors (Lipinski definition) is 0. The van der Waals surface area contributed by atoms with Crippen molar-refractivity contribution in [1.82, 2.24) is 0 Å². The van der Waals surface area contributed by atoms with Crippen molar-refractivity contribution in [1.29, 1.82) is 0 Å². The Labute approximate surface area is 214 Å². The normalized spacial score (nSPS) is 22.6. The molecule has 0 saturated heterocycles. The molecule has 0 aromatic heterocycles. The molecule has 4 rings (SSSR count). The minimum absolute atomic E-state index is 0.0255. The summed E-state index contributed by atoms with van der Waals surface area (Å²) in [7, 11) is 0. The molecule has 3 nitrogen and oxygen atoms in total. The van der Waals surface area contributed by atoms with Crippen molar-refractivity contribution < 1.29 is 14.3 Å². The van der Waals surface area contributed by atoms with Gasteiger partial charge in [0.2, 0.25) is 5.78 Å². The highest BCUT2D eigenvalue weighted by molar-refractivity contribution is 6.30. The first kappa shape index (κ1) is 25.7. The van der Waals surface area contributed by atoms with Gasteiger partial charge < -0.3 is 4.74 Å². The number of halogens is 1. The lowest BCUT2D eigenvalue weighted by molar-refractivity contribution is 0.0160. The van der Waals surface area contributed by atoms with Crippen LogP contribution in [0, 0.1) is 17.3 Å². The Kier molecular flexibility index (Phi) is 7.57. The molecule has 0 radical (unpaired) electrons. The third-order valence-electron chi connectivity index (χ3n) is 8.18. The molecule has 0 aliphatic heterocycles. The van der Waals surface area contributed by atoms with Crippen LogP contribution >= 0.6 is 11.6 Å². The molecule has 0 N–H and O–H groups in total. The van der Waals surface area contributed by atoms with Crippen molar-refractivity contribution in [3.05, 3.63) is 81.6 Å². The van der Waals surface area contributed by atoms with Gasteiger partial charge in [-0.05, 0) is 73.0 Å². The Morgan fingerprint density at radius 3 is 1.97 bits per heavy atom. The number of allylic oxidation sites excluding steroid dienone is 2. The molecule has 1 saturated carbocycles. The number of rotatable bonds is 6. The molecular formula is C31H37ClO3. The number of benzene rings is 2. The Morgan fingerprint density at radius 1 is 0.886 bits per heavy atom. The Morgan fingerprint density at radius 2 is 1.43 bits per heavy atom. The van der Waals surface area contributed by atoms with Crippen molar-refractivity contribution in [2.24, 2.45) is 17.3 Å². The zero-order valence-corrected chi connectivity index (χ0v) is 22.3. The largest absolute Gasteiger partial charge is 0.486 e. The summed E-state index contributed by atoms with van der Waals surface area (Å²) in [6, 6.07) is 15.3.